The molecule has 89 heavy (non-hydrogen) atoms. The second-order valence-corrected chi connectivity index (χ2v) is 22.5. The number of aryl methyl sites for hydroxylation is 1. The number of hydrogen-bond donors (Lipinski definition) is 7. The molecule has 7 aromatic rings. The largest absolute Gasteiger partial charge is 0.497 e. The maximum absolute atomic E-state index is 13.2. The van der Waals surface area contributed by atoms with Crippen LogP contribution in [-0.2, 0) is 70.7 Å². The van der Waals surface area contributed by atoms with Crippen molar-refractivity contribution < 1.29 is 72.8 Å². The van der Waals surface area contributed by atoms with Crippen LogP contribution in [0.25, 0.3) is 0 Å². The first-order valence-corrected chi connectivity index (χ1v) is 29.5. The van der Waals surface area contributed by atoms with Gasteiger partial charge in [-0.05, 0) is 166 Å². The molecule has 7 aromatic carbocycles. The van der Waals surface area contributed by atoms with E-state index in [-0.39, 0.29) is 25.2 Å². The number of carbonyl (C=O) groups is 6. The monoisotopic (exact) mass is 1210 g/mol. The number of amides is 4. The molecule has 3 fully saturated rings. The molecule has 0 spiro atoms. The van der Waals surface area contributed by atoms with E-state index in [2.05, 4.69) is 5.32 Å². The highest BCUT2D eigenvalue weighted by atomic mass is 16.5. The van der Waals surface area contributed by atoms with Gasteiger partial charge in [-0.25, -0.2) is 16.4 Å². The topological polar surface area (TPSA) is 267 Å². The van der Waals surface area contributed by atoms with Gasteiger partial charge in [-0.1, -0.05) is 121 Å². The highest BCUT2D eigenvalue weighted by molar-refractivity contribution is 5.96. The molecule has 0 heterocycles. The molecule has 3 aliphatic carbocycles. The van der Waals surface area contributed by atoms with Crippen molar-refractivity contribution in [1.82, 2.24) is 21.8 Å². The first-order chi connectivity index (χ1) is 43.0. The third kappa shape index (κ3) is 16.9. The Morgan fingerprint density at radius 1 is 0.494 bits per heavy atom. The van der Waals surface area contributed by atoms with Crippen molar-refractivity contribution in [2.45, 2.75) is 85.5 Å². The van der Waals surface area contributed by atoms with E-state index in [9.17, 15) is 28.8 Å². The highest BCUT2D eigenvalue weighted by Gasteiger charge is 2.66. The number of nitrogens with one attached hydrogen (secondary N) is 4. The Bertz CT molecular complexity index is 3500. The number of benzene rings is 7. The Hall–Kier alpha value is -9.56. The first kappa shape index (κ1) is 65.4. The summed E-state index contributed by atoms with van der Waals surface area (Å²) in [6.45, 7) is 8.75. The van der Waals surface area contributed by atoms with Crippen molar-refractivity contribution in [2.75, 3.05) is 20.3 Å². The van der Waals surface area contributed by atoms with Crippen LogP contribution in [0.5, 0.6) is 28.7 Å². The summed E-state index contributed by atoms with van der Waals surface area (Å²) in [7, 11) is 1.60. The fourth-order valence-electron chi connectivity index (χ4n) is 11.1. The number of carbonyl (C=O) groups excluding carboxylic acids is 6. The van der Waals surface area contributed by atoms with E-state index in [1.807, 2.05) is 196 Å². The van der Waals surface area contributed by atoms with Gasteiger partial charge in [-0.2, -0.15) is 0 Å². The Labute approximate surface area is 517 Å². The molecular formula is C70H76N4O15. The lowest BCUT2D eigenvalue weighted by Crippen LogP contribution is -2.37. The van der Waals surface area contributed by atoms with E-state index in [1.54, 1.807) is 37.4 Å². The van der Waals surface area contributed by atoms with E-state index in [0.29, 0.717) is 57.4 Å². The molecule has 466 valence electrons. The fourth-order valence-corrected chi connectivity index (χ4v) is 11.1. The molecule has 19 heteroatoms. The van der Waals surface area contributed by atoms with Crippen molar-refractivity contribution in [2.24, 2.45) is 34.0 Å². The van der Waals surface area contributed by atoms with Gasteiger partial charge in [-0.15, -0.1) is 0 Å². The summed E-state index contributed by atoms with van der Waals surface area (Å²) in [6.07, 6.45) is 2.14. The average molecular weight is 1210 g/mol. The van der Waals surface area contributed by atoms with E-state index in [4.69, 9.17) is 44.0 Å². The number of rotatable bonds is 25. The van der Waals surface area contributed by atoms with Gasteiger partial charge in [-0.3, -0.25) is 44.4 Å². The van der Waals surface area contributed by atoms with Crippen LogP contribution in [0.1, 0.15) is 85.1 Å². The standard InChI is InChI=1S/C27H28N2O5.C22H25NO5.C21H23NO5/c1-33-22-11-9-20(10-12-22)17-28-26(31)27(16-24(27)25(30)29-32)15-19-7-13-23(14-8-19)34-18-21-5-3-2-4-6-21;1-3-27-21(25)22(14-19(22)20(24)23-26)13-16-9-11-18(12-10-16)28-15(2)17-7-5-4-6-8-17;1-3-26-20(24)21(13-18(21)19(23)22-25)12-15-7-9-16(10-8-15)27-17-6-4-5-14(2)11-17/h2-14,24,32H,15-18H2,1H3,(H,28,31)(H,29,30);4-12,15,19,26H,3,13-14H2,1-2H3,(H,23,24);4-11,18,25H,3,12-13H2,1-2H3,(H,22,23)/t24-,27+;15?,19-,22+;18-,21+/m111/s1. The van der Waals surface area contributed by atoms with Gasteiger partial charge >= 0.3 is 11.9 Å². The summed E-state index contributed by atoms with van der Waals surface area (Å²) < 4.78 is 33.1. The third-order valence-electron chi connectivity index (χ3n) is 16.3. The number of hydrogen-bond acceptors (Lipinski definition) is 15. The normalized spacial score (nSPS) is 20.1. The number of methoxy groups -OCH3 is 1. The zero-order valence-corrected chi connectivity index (χ0v) is 50.4. The van der Waals surface area contributed by atoms with Gasteiger partial charge in [0.1, 0.15) is 41.5 Å². The minimum atomic E-state index is -0.915. The van der Waals surface area contributed by atoms with E-state index in [0.717, 1.165) is 61.9 Å². The predicted octanol–water partition coefficient (Wildman–Crippen LogP) is 10.5. The minimum absolute atomic E-state index is 0.0843. The van der Waals surface area contributed by atoms with E-state index >= 15 is 0 Å². The van der Waals surface area contributed by atoms with Gasteiger partial charge in [0, 0.05) is 6.54 Å². The van der Waals surface area contributed by atoms with Gasteiger partial charge in [0.25, 0.3) is 0 Å². The minimum Gasteiger partial charge on any atom is -0.497 e. The summed E-state index contributed by atoms with van der Waals surface area (Å²) in [4.78, 5) is 73.7. The molecule has 0 aromatic heterocycles. The first-order valence-electron chi connectivity index (χ1n) is 29.5. The molecule has 7 atom stereocenters. The summed E-state index contributed by atoms with van der Waals surface area (Å²) in [5.74, 6) is -0.752. The average Bonchev–Trinajstić information content (AvgIpc) is 1.73. The lowest BCUT2D eigenvalue weighted by molar-refractivity contribution is -0.152. The fraction of sp³-hybridized carbons (Fsp3) is 0.314. The molecule has 3 saturated carbocycles. The summed E-state index contributed by atoms with van der Waals surface area (Å²) >= 11 is 0. The summed E-state index contributed by atoms with van der Waals surface area (Å²) in [5, 5.41) is 29.8. The zero-order valence-electron chi connectivity index (χ0n) is 50.4. The van der Waals surface area contributed by atoms with Gasteiger partial charge in [0.05, 0.1) is 54.3 Å². The molecule has 19 nitrogen and oxygen atoms in total. The summed E-state index contributed by atoms with van der Waals surface area (Å²) in [6, 6.07) is 57.5. The van der Waals surface area contributed by atoms with Gasteiger partial charge in [0.2, 0.25) is 23.6 Å². The number of esters is 2. The molecule has 1 unspecified atom stereocenters. The molecule has 3 aliphatic rings. The summed E-state index contributed by atoms with van der Waals surface area (Å²) in [5.41, 5.74) is 9.17. The van der Waals surface area contributed by atoms with Crippen LogP contribution in [-0.4, -0.2) is 71.5 Å². The quantitative estimate of drug-likeness (QED) is 0.0159. The molecule has 0 radical (unpaired) electrons. The Morgan fingerprint density at radius 3 is 1.42 bits per heavy atom. The lowest BCUT2D eigenvalue weighted by atomic mass is 9.92. The highest BCUT2D eigenvalue weighted by Crippen LogP contribution is 2.58. The van der Waals surface area contributed by atoms with Crippen LogP contribution in [0.3, 0.4) is 0 Å². The Balaban J connectivity index is 0.000000174. The molecule has 10 rings (SSSR count). The van der Waals surface area contributed by atoms with Crippen LogP contribution in [0.15, 0.2) is 182 Å². The molecule has 0 bridgehead atoms. The van der Waals surface area contributed by atoms with Crippen LogP contribution < -0.4 is 40.7 Å². The zero-order chi connectivity index (χ0) is 63.6. The third-order valence-corrected chi connectivity index (χ3v) is 16.3. The van der Waals surface area contributed by atoms with E-state index < -0.39 is 63.7 Å². The molecular weight excluding hydrogens is 1140 g/mol. The predicted molar refractivity (Wildman–Crippen MR) is 327 cm³/mol. The van der Waals surface area contributed by atoms with Gasteiger partial charge in [0.15, 0.2) is 0 Å². The van der Waals surface area contributed by atoms with Gasteiger partial charge < -0.3 is 33.7 Å². The second-order valence-electron chi connectivity index (χ2n) is 22.5. The maximum atomic E-state index is 13.2. The van der Waals surface area contributed by atoms with Crippen LogP contribution in [0, 0.1) is 40.9 Å². The molecule has 0 aliphatic heterocycles. The second kappa shape index (κ2) is 30.4. The molecule has 4 amide bonds. The van der Waals surface area contributed by atoms with Crippen molar-refractivity contribution >= 4 is 35.6 Å². The van der Waals surface area contributed by atoms with Crippen LogP contribution >= 0.6 is 0 Å². The van der Waals surface area contributed by atoms with Crippen molar-refractivity contribution in [1.29, 1.82) is 0 Å². The Morgan fingerprint density at radius 2 is 0.933 bits per heavy atom. The SMILES string of the molecule is CCOC(=O)[C@@]1(Cc2ccc(OC(C)c3ccccc3)cc2)C[C@@H]1C(=O)NO.CCOC(=O)[C@@]1(Cc2ccc(Oc3cccc(C)c3)cc2)C[C@@H]1C(=O)NO.COc1ccc(CNC(=O)[C@@]2(Cc3ccc(OCc4ccccc4)cc3)C[C@@H]2C(=O)NO)cc1. The Kier molecular flexibility index (Phi) is 22.3. The van der Waals surface area contributed by atoms with Crippen LogP contribution in [0.2, 0.25) is 0 Å². The lowest BCUT2D eigenvalue weighted by Gasteiger charge is -2.18. The number of ether oxygens (including phenoxy) is 6. The van der Waals surface area contributed by atoms with Crippen LogP contribution in [0.4, 0.5) is 0 Å². The van der Waals surface area contributed by atoms with Crippen molar-refractivity contribution in [3.05, 3.63) is 221 Å². The van der Waals surface area contributed by atoms with Crippen molar-refractivity contribution in [3.63, 3.8) is 0 Å². The number of hydroxylamine groups is 3. The smallest absolute Gasteiger partial charge is 0.313 e. The molecule has 7 N–H and O–H groups in total. The van der Waals surface area contributed by atoms with E-state index in [1.165, 1.54) is 0 Å². The maximum Gasteiger partial charge on any atom is 0.313 e. The molecule has 0 saturated heterocycles. The van der Waals surface area contributed by atoms with Crippen molar-refractivity contribution in [3.8, 4) is 28.7 Å².